The van der Waals surface area contributed by atoms with Gasteiger partial charge in [0, 0.05) is 38.9 Å². The first-order valence-corrected chi connectivity index (χ1v) is 11.8. The van der Waals surface area contributed by atoms with Crippen LogP contribution in [0.5, 0.6) is 0 Å². The van der Waals surface area contributed by atoms with E-state index in [0.717, 1.165) is 23.5 Å². The summed E-state index contributed by atoms with van der Waals surface area (Å²) < 4.78 is 7.24. The van der Waals surface area contributed by atoms with Gasteiger partial charge in [-0.05, 0) is 75.1 Å². The second kappa shape index (κ2) is 8.83. The molecule has 2 atom stereocenters. The Labute approximate surface area is 188 Å². The van der Waals surface area contributed by atoms with Crippen LogP contribution in [-0.2, 0) is 16.0 Å². The van der Waals surface area contributed by atoms with Crippen LogP contribution in [0.4, 0.5) is 10.5 Å². The van der Waals surface area contributed by atoms with Crippen LogP contribution in [0.15, 0.2) is 24.5 Å². The number of piperidine rings is 1. The summed E-state index contributed by atoms with van der Waals surface area (Å²) in [5.41, 5.74) is 2.95. The van der Waals surface area contributed by atoms with Gasteiger partial charge in [-0.25, -0.2) is 9.31 Å². The van der Waals surface area contributed by atoms with Crippen molar-refractivity contribution in [1.29, 1.82) is 0 Å². The minimum Gasteiger partial charge on any atom is -0.381 e. The molecular formula is C24H33N5O3. The highest BCUT2D eigenvalue weighted by atomic mass is 16.5. The number of pyridine rings is 1. The zero-order valence-electron chi connectivity index (χ0n) is 19.0. The number of likely N-dealkylation sites (tertiary alicyclic amines) is 1. The largest absolute Gasteiger partial charge is 0.381 e. The van der Waals surface area contributed by atoms with Crippen molar-refractivity contribution >= 4 is 23.1 Å². The molecule has 2 aromatic rings. The lowest BCUT2D eigenvalue weighted by molar-refractivity contribution is -0.120. The number of fused-ring (bicyclic) bond motifs is 1. The van der Waals surface area contributed by atoms with Crippen molar-refractivity contribution < 1.29 is 14.3 Å². The van der Waals surface area contributed by atoms with E-state index in [1.165, 1.54) is 44.3 Å². The summed E-state index contributed by atoms with van der Waals surface area (Å²) in [6.45, 7) is 5.13. The van der Waals surface area contributed by atoms with E-state index >= 15 is 0 Å². The van der Waals surface area contributed by atoms with Gasteiger partial charge in [-0.1, -0.05) is 0 Å². The second-order valence-electron chi connectivity index (χ2n) is 9.78. The van der Waals surface area contributed by atoms with Crippen molar-refractivity contribution in [1.82, 2.24) is 19.8 Å². The maximum Gasteiger partial charge on any atom is 0.328 e. The Morgan fingerprint density at radius 1 is 1.19 bits per heavy atom. The fraction of sp³-hybridized carbons (Fsp3) is 0.625. The van der Waals surface area contributed by atoms with Crippen molar-refractivity contribution in [3.63, 3.8) is 0 Å². The van der Waals surface area contributed by atoms with Gasteiger partial charge in [-0.15, -0.1) is 0 Å². The Bertz CT molecular complexity index is 999. The van der Waals surface area contributed by atoms with E-state index in [1.54, 1.807) is 15.6 Å². The average Bonchev–Trinajstić information content (AvgIpc) is 3.15. The number of hydrogen-bond donors (Lipinski definition) is 1. The molecule has 3 amide bonds. The molecule has 0 spiro atoms. The molecule has 1 N–H and O–H groups in total. The molecule has 1 unspecified atom stereocenters. The van der Waals surface area contributed by atoms with Gasteiger partial charge >= 0.3 is 6.03 Å². The molecule has 3 aliphatic rings. The third-order valence-electron chi connectivity index (χ3n) is 7.58. The number of ether oxygens (including phenoxy) is 1. The summed E-state index contributed by atoms with van der Waals surface area (Å²) in [6.07, 6.45) is 10.4. The number of carbonyl (C=O) groups is 2. The van der Waals surface area contributed by atoms with Crippen LogP contribution < -0.4 is 10.2 Å². The zero-order chi connectivity index (χ0) is 22.2. The number of nitrogens with zero attached hydrogens (tertiary/aromatic N) is 4. The number of aromatic nitrogens is 2. The number of anilines is 1. The van der Waals surface area contributed by atoms with Crippen molar-refractivity contribution in [2.24, 2.45) is 11.8 Å². The lowest BCUT2D eigenvalue weighted by atomic mass is 9.80. The number of rotatable bonds is 6. The summed E-state index contributed by atoms with van der Waals surface area (Å²) in [7, 11) is 1.82. The van der Waals surface area contributed by atoms with Gasteiger partial charge in [0.15, 0.2) is 0 Å². The molecule has 3 fully saturated rings. The highest BCUT2D eigenvalue weighted by Crippen LogP contribution is 2.34. The first-order valence-electron chi connectivity index (χ1n) is 11.8. The molecule has 0 radical (unpaired) electrons. The molecule has 2 aromatic heterocycles. The number of urea groups is 1. The van der Waals surface area contributed by atoms with Gasteiger partial charge < -0.3 is 9.64 Å². The average molecular weight is 440 g/mol. The highest BCUT2D eigenvalue weighted by Gasteiger charge is 2.33. The Hall–Kier alpha value is -2.45. The fourth-order valence-corrected chi connectivity index (χ4v) is 5.60. The molecule has 1 aliphatic carbocycles. The van der Waals surface area contributed by atoms with Gasteiger partial charge in [0.1, 0.15) is 0 Å². The van der Waals surface area contributed by atoms with Crippen molar-refractivity contribution in [2.45, 2.75) is 57.6 Å². The number of carbonyl (C=O) groups excluding carboxylic acids is 2. The summed E-state index contributed by atoms with van der Waals surface area (Å²) in [5, 5.41) is 6.80. The normalized spacial score (nSPS) is 29.2. The standard InChI is InChI=1S/C24H33N5O3/c1-16-9-17(3-6-27(16)15-19-11-20(12-19)32-2)10-18-4-8-29-21(13-18)22(14-25-29)28-7-5-23(30)26-24(28)31/h4,8,13-14,16-17,19-20H,3,5-7,9-12,15H2,1-2H3,(H,26,30,31)/t16-,17?,19-,20-/m0/s1. The van der Waals surface area contributed by atoms with Gasteiger partial charge in [-0.2, -0.15) is 5.10 Å². The van der Waals surface area contributed by atoms with Crippen LogP contribution in [0, 0.1) is 11.8 Å². The molecule has 5 rings (SSSR count). The molecule has 172 valence electrons. The third kappa shape index (κ3) is 4.26. The van der Waals surface area contributed by atoms with E-state index in [2.05, 4.69) is 34.4 Å². The SMILES string of the molecule is CO[C@H]1C[C@H](CN2CCC(Cc3ccn4ncc(N5CCC(=O)NC5=O)c4c3)C[C@@H]2C)C1. The van der Waals surface area contributed by atoms with Gasteiger partial charge in [0.25, 0.3) is 0 Å². The molecule has 8 nitrogen and oxygen atoms in total. The van der Waals surface area contributed by atoms with E-state index in [1.807, 2.05) is 13.3 Å². The maximum absolute atomic E-state index is 12.3. The van der Waals surface area contributed by atoms with E-state index in [4.69, 9.17) is 4.74 Å². The number of nitrogens with one attached hydrogen (secondary N) is 1. The van der Waals surface area contributed by atoms with Crippen LogP contribution in [0.2, 0.25) is 0 Å². The lowest BCUT2D eigenvalue weighted by Crippen LogP contribution is -2.49. The highest BCUT2D eigenvalue weighted by molar-refractivity contribution is 6.07. The van der Waals surface area contributed by atoms with Gasteiger partial charge in [0.2, 0.25) is 5.91 Å². The molecule has 4 heterocycles. The summed E-state index contributed by atoms with van der Waals surface area (Å²) in [6, 6.07) is 4.53. The zero-order valence-corrected chi connectivity index (χ0v) is 19.0. The van der Waals surface area contributed by atoms with Crippen molar-refractivity contribution in [2.75, 3.05) is 31.6 Å². The summed E-state index contributed by atoms with van der Waals surface area (Å²) in [4.78, 5) is 28.1. The third-order valence-corrected chi connectivity index (χ3v) is 7.58. The molecule has 1 saturated carbocycles. The van der Waals surface area contributed by atoms with Crippen LogP contribution >= 0.6 is 0 Å². The summed E-state index contributed by atoms with van der Waals surface area (Å²) in [5.74, 6) is 1.24. The molecule has 2 saturated heterocycles. The Balaban J connectivity index is 1.22. The predicted octanol–water partition coefficient (Wildman–Crippen LogP) is 2.85. The Morgan fingerprint density at radius 3 is 2.78 bits per heavy atom. The Morgan fingerprint density at radius 2 is 2.03 bits per heavy atom. The minimum absolute atomic E-state index is 0.223. The van der Waals surface area contributed by atoms with E-state index in [0.29, 0.717) is 31.0 Å². The number of imide groups is 1. The van der Waals surface area contributed by atoms with Crippen molar-refractivity contribution in [3.05, 3.63) is 30.1 Å². The predicted molar refractivity (Wildman–Crippen MR) is 122 cm³/mol. The molecular weight excluding hydrogens is 406 g/mol. The smallest absolute Gasteiger partial charge is 0.328 e. The molecule has 0 aromatic carbocycles. The Kier molecular flexibility index (Phi) is 5.90. The maximum atomic E-state index is 12.3. The molecule has 0 bridgehead atoms. The van der Waals surface area contributed by atoms with E-state index in [-0.39, 0.29) is 11.9 Å². The van der Waals surface area contributed by atoms with Crippen LogP contribution in [0.3, 0.4) is 0 Å². The number of hydrogen-bond acceptors (Lipinski definition) is 5. The first-order chi connectivity index (χ1) is 15.5. The van der Waals surface area contributed by atoms with Crippen molar-refractivity contribution in [3.8, 4) is 0 Å². The van der Waals surface area contributed by atoms with E-state index in [9.17, 15) is 9.59 Å². The topological polar surface area (TPSA) is 79.2 Å². The van der Waals surface area contributed by atoms with Crippen LogP contribution in [0.25, 0.3) is 5.52 Å². The second-order valence-corrected chi connectivity index (χ2v) is 9.78. The minimum atomic E-state index is -0.369. The molecule has 2 aliphatic heterocycles. The quantitative estimate of drug-likeness (QED) is 0.749. The summed E-state index contributed by atoms with van der Waals surface area (Å²) >= 11 is 0. The first kappa shape index (κ1) is 21.4. The molecule has 8 heteroatoms. The lowest BCUT2D eigenvalue weighted by Gasteiger charge is -2.43. The fourth-order valence-electron chi connectivity index (χ4n) is 5.60. The van der Waals surface area contributed by atoms with Crippen LogP contribution in [-0.4, -0.2) is 65.3 Å². The van der Waals surface area contributed by atoms with Gasteiger partial charge in [0.05, 0.1) is 23.5 Å². The van der Waals surface area contributed by atoms with Crippen LogP contribution in [0.1, 0.15) is 44.6 Å². The number of amides is 3. The number of methoxy groups -OCH3 is 1. The monoisotopic (exact) mass is 439 g/mol. The van der Waals surface area contributed by atoms with E-state index < -0.39 is 0 Å². The molecule has 32 heavy (non-hydrogen) atoms. The van der Waals surface area contributed by atoms with Gasteiger partial charge in [-0.3, -0.25) is 15.0 Å².